The Labute approximate surface area is 120 Å². The van der Waals surface area contributed by atoms with E-state index in [1.165, 1.54) is 0 Å². The first-order valence-corrected chi connectivity index (χ1v) is 6.88. The van der Waals surface area contributed by atoms with Crippen molar-refractivity contribution >= 4 is 5.91 Å². The second kappa shape index (κ2) is 10.2. The van der Waals surface area contributed by atoms with Gasteiger partial charge in [-0.25, -0.2) is 0 Å². The van der Waals surface area contributed by atoms with E-state index < -0.39 is 0 Å². The molecular formula is C15H24N2O3. The molecule has 0 saturated carbocycles. The molecule has 0 aliphatic carbocycles. The number of nitrogens with one attached hydrogen (secondary N) is 2. The highest BCUT2D eigenvalue weighted by Crippen LogP contribution is 2.13. The van der Waals surface area contributed by atoms with Gasteiger partial charge < -0.3 is 20.1 Å². The van der Waals surface area contributed by atoms with Crippen LogP contribution in [0, 0.1) is 0 Å². The Morgan fingerprint density at radius 2 is 2.15 bits per heavy atom. The number of carbonyl (C=O) groups excluding carboxylic acids is 1. The van der Waals surface area contributed by atoms with Crippen LogP contribution in [0.15, 0.2) is 24.3 Å². The Kier molecular flexibility index (Phi) is 8.42. The fourth-order valence-corrected chi connectivity index (χ4v) is 1.70. The molecule has 1 aromatic rings. The highest BCUT2D eigenvalue weighted by Gasteiger charge is 2.02. The summed E-state index contributed by atoms with van der Waals surface area (Å²) in [6.07, 6.45) is 1.40. The van der Waals surface area contributed by atoms with Crippen LogP contribution >= 0.6 is 0 Å². The van der Waals surface area contributed by atoms with Gasteiger partial charge in [-0.15, -0.1) is 0 Å². The molecule has 0 unspecified atom stereocenters. The summed E-state index contributed by atoms with van der Waals surface area (Å²) in [6, 6.07) is 7.72. The van der Waals surface area contributed by atoms with E-state index in [-0.39, 0.29) is 5.91 Å². The Morgan fingerprint density at radius 3 is 2.90 bits per heavy atom. The Morgan fingerprint density at radius 1 is 1.30 bits per heavy atom. The summed E-state index contributed by atoms with van der Waals surface area (Å²) < 4.78 is 10.5. The number of benzene rings is 1. The number of hydrogen-bond donors (Lipinski definition) is 2. The van der Waals surface area contributed by atoms with Crippen LogP contribution in [0.5, 0.6) is 5.75 Å². The lowest BCUT2D eigenvalue weighted by Crippen LogP contribution is -2.23. The molecule has 20 heavy (non-hydrogen) atoms. The van der Waals surface area contributed by atoms with Crippen LogP contribution in [0.3, 0.4) is 0 Å². The molecule has 0 saturated heterocycles. The molecule has 2 N–H and O–H groups in total. The molecule has 1 aromatic carbocycles. The van der Waals surface area contributed by atoms with Gasteiger partial charge in [-0.1, -0.05) is 12.1 Å². The summed E-state index contributed by atoms with van der Waals surface area (Å²) in [4.78, 5) is 11.6. The maximum atomic E-state index is 11.6. The molecule has 1 amide bonds. The van der Waals surface area contributed by atoms with E-state index in [1.54, 1.807) is 7.11 Å². The highest BCUT2D eigenvalue weighted by atomic mass is 16.5. The van der Waals surface area contributed by atoms with Gasteiger partial charge in [0.1, 0.15) is 12.4 Å². The number of rotatable bonds is 10. The average Bonchev–Trinajstić information content (AvgIpc) is 2.46. The van der Waals surface area contributed by atoms with Crippen LogP contribution < -0.4 is 15.4 Å². The van der Waals surface area contributed by atoms with Crippen molar-refractivity contribution in [1.82, 2.24) is 10.6 Å². The third kappa shape index (κ3) is 7.11. The standard InChI is InChI=1S/C15H24N2O3/c1-16-8-4-7-15(18)17-12-13-5-3-6-14(11-13)20-10-9-19-2/h3,5-6,11,16H,4,7-10,12H2,1-2H3,(H,17,18). The highest BCUT2D eigenvalue weighted by molar-refractivity contribution is 5.75. The number of carbonyl (C=O) groups is 1. The minimum absolute atomic E-state index is 0.0750. The van der Waals surface area contributed by atoms with Gasteiger partial charge in [0.15, 0.2) is 0 Å². The van der Waals surface area contributed by atoms with Crippen LogP contribution in [0.4, 0.5) is 0 Å². The summed E-state index contributed by atoms with van der Waals surface area (Å²) in [5, 5.41) is 5.93. The molecule has 0 heterocycles. The van der Waals surface area contributed by atoms with Gasteiger partial charge in [-0.2, -0.15) is 0 Å². The van der Waals surface area contributed by atoms with Gasteiger partial charge in [0.05, 0.1) is 6.61 Å². The number of ether oxygens (including phenoxy) is 2. The fourth-order valence-electron chi connectivity index (χ4n) is 1.70. The van der Waals surface area contributed by atoms with E-state index in [2.05, 4.69) is 10.6 Å². The Bertz CT molecular complexity index is 396. The van der Waals surface area contributed by atoms with Crippen LogP contribution in [0.1, 0.15) is 18.4 Å². The van der Waals surface area contributed by atoms with E-state index in [4.69, 9.17) is 9.47 Å². The molecule has 0 fully saturated rings. The molecule has 0 spiro atoms. The Hall–Kier alpha value is -1.59. The SMILES string of the molecule is CNCCCC(=O)NCc1cccc(OCCOC)c1. The van der Waals surface area contributed by atoms with Crippen molar-refractivity contribution in [2.75, 3.05) is 33.9 Å². The van der Waals surface area contributed by atoms with Gasteiger partial charge in [-0.05, 0) is 37.7 Å². The first-order chi connectivity index (χ1) is 9.76. The van der Waals surface area contributed by atoms with Crippen LogP contribution in [0.2, 0.25) is 0 Å². The molecule has 0 aliphatic heterocycles. The van der Waals surface area contributed by atoms with Crippen LogP contribution in [-0.2, 0) is 16.1 Å². The third-order valence-electron chi connectivity index (χ3n) is 2.77. The first kappa shape index (κ1) is 16.5. The van der Waals surface area contributed by atoms with E-state index in [0.29, 0.717) is 26.2 Å². The summed E-state index contributed by atoms with van der Waals surface area (Å²) in [6.45, 7) is 2.47. The second-order valence-electron chi connectivity index (χ2n) is 4.47. The van der Waals surface area contributed by atoms with Crippen molar-refractivity contribution < 1.29 is 14.3 Å². The van der Waals surface area contributed by atoms with Crippen molar-refractivity contribution in [2.45, 2.75) is 19.4 Å². The van der Waals surface area contributed by atoms with Crippen LogP contribution in [0.25, 0.3) is 0 Å². The minimum Gasteiger partial charge on any atom is -0.491 e. The van der Waals surface area contributed by atoms with Gasteiger partial charge >= 0.3 is 0 Å². The fraction of sp³-hybridized carbons (Fsp3) is 0.533. The molecule has 5 nitrogen and oxygen atoms in total. The predicted molar refractivity (Wildman–Crippen MR) is 78.8 cm³/mol. The van der Waals surface area contributed by atoms with E-state index in [1.807, 2.05) is 31.3 Å². The zero-order valence-corrected chi connectivity index (χ0v) is 12.3. The number of methoxy groups -OCH3 is 1. The molecule has 0 bridgehead atoms. The molecule has 0 aliphatic rings. The van der Waals surface area contributed by atoms with Gasteiger partial charge in [-0.3, -0.25) is 4.79 Å². The lowest BCUT2D eigenvalue weighted by atomic mass is 10.2. The number of hydrogen-bond acceptors (Lipinski definition) is 4. The third-order valence-corrected chi connectivity index (χ3v) is 2.77. The van der Waals surface area contributed by atoms with Crippen molar-refractivity contribution in [3.8, 4) is 5.75 Å². The summed E-state index contributed by atoms with van der Waals surface area (Å²) in [5.74, 6) is 0.870. The van der Waals surface area contributed by atoms with Crippen molar-refractivity contribution in [1.29, 1.82) is 0 Å². The second-order valence-corrected chi connectivity index (χ2v) is 4.47. The summed E-state index contributed by atoms with van der Waals surface area (Å²) in [7, 11) is 3.52. The average molecular weight is 280 g/mol. The first-order valence-electron chi connectivity index (χ1n) is 6.88. The lowest BCUT2D eigenvalue weighted by Gasteiger charge is -2.09. The maximum Gasteiger partial charge on any atom is 0.220 e. The molecule has 0 radical (unpaired) electrons. The van der Waals surface area contributed by atoms with E-state index in [9.17, 15) is 4.79 Å². The summed E-state index contributed by atoms with van der Waals surface area (Å²) >= 11 is 0. The van der Waals surface area contributed by atoms with Crippen molar-refractivity contribution in [2.24, 2.45) is 0 Å². The van der Waals surface area contributed by atoms with Crippen LogP contribution in [-0.4, -0.2) is 39.8 Å². The molecule has 0 aromatic heterocycles. The number of amides is 1. The molecule has 112 valence electrons. The lowest BCUT2D eigenvalue weighted by molar-refractivity contribution is -0.121. The predicted octanol–water partition coefficient (Wildman–Crippen LogP) is 1.33. The smallest absolute Gasteiger partial charge is 0.220 e. The molecule has 5 heteroatoms. The van der Waals surface area contributed by atoms with E-state index >= 15 is 0 Å². The molecular weight excluding hydrogens is 256 g/mol. The van der Waals surface area contributed by atoms with Gasteiger partial charge in [0.25, 0.3) is 0 Å². The van der Waals surface area contributed by atoms with Gasteiger partial charge in [0.2, 0.25) is 5.91 Å². The quantitative estimate of drug-likeness (QED) is 0.635. The normalized spacial score (nSPS) is 10.3. The Balaban J connectivity index is 2.32. The topological polar surface area (TPSA) is 59.6 Å². The minimum atomic E-state index is 0.0750. The van der Waals surface area contributed by atoms with Gasteiger partial charge in [0, 0.05) is 20.1 Å². The largest absolute Gasteiger partial charge is 0.491 e. The van der Waals surface area contributed by atoms with Crippen molar-refractivity contribution in [3.05, 3.63) is 29.8 Å². The summed E-state index contributed by atoms with van der Waals surface area (Å²) in [5.41, 5.74) is 1.03. The molecule has 1 rings (SSSR count). The van der Waals surface area contributed by atoms with Crippen molar-refractivity contribution in [3.63, 3.8) is 0 Å². The molecule has 0 atom stereocenters. The zero-order valence-electron chi connectivity index (χ0n) is 12.3. The maximum absolute atomic E-state index is 11.6. The zero-order chi connectivity index (χ0) is 14.6. The monoisotopic (exact) mass is 280 g/mol. The van der Waals surface area contributed by atoms with E-state index in [0.717, 1.165) is 24.3 Å².